The van der Waals surface area contributed by atoms with Gasteiger partial charge in [0.1, 0.15) is 0 Å². The SMILES string of the molecule is COCCSCCCC(C)N. The summed E-state index contributed by atoms with van der Waals surface area (Å²) in [6.07, 6.45) is 2.37. The molecule has 0 aromatic rings. The van der Waals surface area contributed by atoms with E-state index < -0.39 is 0 Å². The molecule has 0 aliphatic rings. The van der Waals surface area contributed by atoms with Crippen LogP contribution in [0.5, 0.6) is 0 Å². The molecule has 0 radical (unpaired) electrons. The fraction of sp³-hybridized carbons (Fsp3) is 1.00. The number of methoxy groups -OCH3 is 1. The maximum atomic E-state index is 5.60. The average molecular weight is 177 g/mol. The van der Waals surface area contributed by atoms with Gasteiger partial charge in [-0.1, -0.05) is 0 Å². The van der Waals surface area contributed by atoms with Crippen molar-refractivity contribution in [3.8, 4) is 0 Å². The Morgan fingerprint density at radius 3 is 2.73 bits per heavy atom. The van der Waals surface area contributed by atoms with Gasteiger partial charge >= 0.3 is 0 Å². The Bertz CT molecular complexity index is 78.5. The average Bonchev–Trinajstić information content (AvgIpc) is 1.96. The Morgan fingerprint density at radius 2 is 2.18 bits per heavy atom. The summed E-state index contributed by atoms with van der Waals surface area (Å²) >= 11 is 1.94. The molecule has 0 aromatic carbocycles. The van der Waals surface area contributed by atoms with E-state index in [9.17, 15) is 0 Å². The van der Waals surface area contributed by atoms with Gasteiger partial charge in [-0.2, -0.15) is 11.8 Å². The van der Waals surface area contributed by atoms with Crippen molar-refractivity contribution in [3.63, 3.8) is 0 Å². The third kappa shape index (κ3) is 10.3. The van der Waals surface area contributed by atoms with Crippen LogP contribution in [0.15, 0.2) is 0 Å². The van der Waals surface area contributed by atoms with E-state index in [1.807, 2.05) is 11.8 Å². The quantitative estimate of drug-likeness (QED) is 0.598. The Kier molecular flexibility index (Phi) is 8.57. The first-order chi connectivity index (χ1) is 5.27. The number of thioether (sulfide) groups is 1. The zero-order chi connectivity index (χ0) is 8.53. The highest BCUT2D eigenvalue weighted by Gasteiger charge is 1.93. The molecule has 0 aromatic heterocycles. The Labute approximate surface area is 73.9 Å². The van der Waals surface area contributed by atoms with Gasteiger partial charge in [0.05, 0.1) is 6.61 Å². The van der Waals surface area contributed by atoms with Crippen LogP contribution in [0.25, 0.3) is 0 Å². The Hall–Kier alpha value is 0.270. The van der Waals surface area contributed by atoms with E-state index in [0.717, 1.165) is 18.8 Å². The first-order valence-electron chi connectivity index (χ1n) is 4.09. The normalized spacial score (nSPS) is 13.4. The number of nitrogens with two attached hydrogens (primary N) is 1. The molecule has 3 heteroatoms. The number of hydrogen-bond donors (Lipinski definition) is 1. The van der Waals surface area contributed by atoms with Gasteiger partial charge in [-0.25, -0.2) is 0 Å². The summed E-state index contributed by atoms with van der Waals surface area (Å²) < 4.78 is 4.92. The monoisotopic (exact) mass is 177 g/mol. The zero-order valence-electron chi connectivity index (χ0n) is 7.51. The largest absolute Gasteiger partial charge is 0.384 e. The van der Waals surface area contributed by atoms with E-state index in [2.05, 4.69) is 6.92 Å². The lowest BCUT2D eigenvalue weighted by molar-refractivity contribution is 0.218. The van der Waals surface area contributed by atoms with Crippen LogP contribution in [0.4, 0.5) is 0 Å². The third-order valence-corrected chi connectivity index (χ3v) is 2.41. The van der Waals surface area contributed by atoms with Gasteiger partial charge in [-0.15, -0.1) is 0 Å². The summed E-state index contributed by atoms with van der Waals surface area (Å²) in [4.78, 5) is 0. The van der Waals surface area contributed by atoms with Crippen LogP contribution in [0.1, 0.15) is 19.8 Å². The van der Waals surface area contributed by atoms with Crippen LogP contribution < -0.4 is 5.73 Å². The second kappa shape index (κ2) is 8.37. The molecule has 0 saturated heterocycles. The van der Waals surface area contributed by atoms with Gasteiger partial charge in [0.15, 0.2) is 0 Å². The standard InChI is InChI=1S/C8H19NOS/c1-8(9)4-3-6-11-7-5-10-2/h8H,3-7,9H2,1-2H3. The highest BCUT2D eigenvalue weighted by Crippen LogP contribution is 2.04. The molecule has 0 aliphatic carbocycles. The second-order valence-electron chi connectivity index (χ2n) is 2.72. The summed E-state index contributed by atoms with van der Waals surface area (Å²) in [5.74, 6) is 2.32. The predicted molar refractivity (Wildman–Crippen MR) is 52.1 cm³/mol. The maximum absolute atomic E-state index is 5.60. The minimum absolute atomic E-state index is 0.359. The summed E-state index contributed by atoms with van der Waals surface area (Å²) in [7, 11) is 1.74. The fourth-order valence-corrected chi connectivity index (χ4v) is 1.61. The van der Waals surface area contributed by atoms with Crippen molar-refractivity contribution in [1.82, 2.24) is 0 Å². The molecule has 0 saturated carbocycles. The van der Waals surface area contributed by atoms with Gasteiger partial charge in [0.25, 0.3) is 0 Å². The van der Waals surface area contributed by atoms with Gasteiger partial charge in [-0.05, 0) is 25.5 Å². The lowest BCUT2D eigenvalue weighted by Crippen LogP contribution is -2.14. The van der Waals surface area contributed by atoms with Crippen LogP contribution >= 0.6 is 11.8 Å². The van der Waals surface area contributed by atoms with Gasteiger partial charge < -0.3 is 10.5 Å². The van der Waals surface area contributed by atoms with Crippen molar-refractivity contribution in [2.75, 3.05) is 25.2 Å². The van der Waals surface area contributed by atoms with Crippen molar-refractivity contribution in [2.45, 2.75) is 25.8 Å². The van der Waals surface area contributed by atoms with E-state index in [-0.39, 0.29) is 0 Å². The lowest BCUT2D eigenvalue weighted by Gasteiger charge is -2.03. The predicted octanol–water partition coefficient (Wildman–Crippen LogP) is 1.49. The topological polar surface area (TPSA) is 35.2 Å². The third-order valence-electron chi connectivity index (χ3n) is 1.38. The van der Waals surface area contributed by atoms with Crippen LogP contribution in [-0.2, 0) is 4.74 Å². The second-order valence-corrected chi connectivity index (χ2v) is 3.95. The van der Waals surface area contributed by atoms with Crippen molar-refractivity contribution in [1.29, 1.82) is 0 Å². The highest BCUT2D eigenvalue weighted by molar-refractivity contribution is 7.99. The zero-order valence-corrected chi connectivity index (χ0v) is 8.32. The van der Waals surface area contributed by atoms with Crippen molar-refractivity contribution in [2.24, 2.45) is 5.73 Å². The maximum Gasteiger partial charge on any atom is 0.0552 e. The first-order valence-corrected chi connectivity index (χ1v) is 5.25. The summed E-state index contributed by atoms with van der Waals surface area (Å²) in [5, 5.41) is 0. The molecule has 11 heavy (non-hydrogen) atoms. The van der Waals surface area contributed by atoms with Crippen LogP contribution in [0, 0.1) is 0 Å². The molecule has 2 N–H and O–H groups in total. The number of hydrogen-bond acceptors (Lipinski definition) is 3. The summed E-state index contributed by atoms with van der Waals surface area (Å²) in [6.45, 7) is 2.92. The molecule has 0 rings (SSSR count). The molecule has 0 spiro atoms. The van der Waals surface area contributed by atoms with E-state index in [0.29, 0.717) is 6.04 Å². The van der Waals surface area contributed by atoms with Crippen molar-refractivity contribution >= 4 is 11.8 Å². The molecule has 0 heterocycles. The number of rotatable bonds is 7. The molecule has 2 nitrogen and oxygen atoms in total. The van der Waals surface area contributed by atoms with E-state index in [1.54, 1.807) is 7.11 Å². The minimum atomic E-state index is 0.359. The molecule has 0 fully saturated rings. The smallest absolute Gasteiger partial charge is 0.0552 e. The Balaban J connectivity index is 2.80. The molecule has 1 atom stereocenters. The molecular weight excluding hydrogens is 158 g/mol. The van der Waals surface area contributed by atoms with Gasteiger partial charge in [0.2, 0.25) is 0 Å². The fourth-order valence-electron chi connectivity index (χ4n) is 0.752. The molecule has 68 valence electrons. The van der Waals surface area contributed by atoms with Crippen LogP contribution in [-0.4, -0.2) is 31.3 Å². The minimum Gasteiger partial charge on any atom is -0.384 e. The van der Waals surface area contributed by atoms with Gasteiger partial charge in [0, 0.05) is 18.9 Å². The van der Waals surface area contributed by atoms with Crippen molar-refractivity contribution < 1.29 is 4.74 Å². The highest BCUT2D eigenvalue weighted by atomic mass is 32.2. The lowest BCUT2D eigenvalue weighted by atomic mass is 10.2. The van der Waals surface area contributed by atoms with E-state index in [4.69, 9.17) is 10.5 Å². The molecule has 0 aliphatic heterocycles. The molecule has 0 amide bonds. The van der Waals surface area contributed by atoms with Crippen LogP contribution in [0.2, 0.25) is 0 Å². The van der Waals surface area contributed by atoms with Gasteiger partial charge in [-0.3, -0.25) is 0 Å². The molecular formula is C8H19NOS. The van der Waals surface area contributed by atoms with E-state index >= 15 is 0 Å². The summed E-state index contributed by atoms with van der Waals surface area (Å²) in [6, 6.07) is 0.359. The first kappa shape index (κ1) is 11.3. The molecule has 0 bridgehead atoms. The van der Waals surface area contributed by atoms with Crippen LogP contribution in [0.3, 0.4) is 0 Å². The summed E-state index contributed by atoms with van der Waals surface area (Å²) in [5.41, 5.74) is 5.60. The van der Waals surface area contributed by atoms with Crippen molar-refractivity contribution in [3.05, 3.63) is 0 Å². The molecule has 1 unspecified atom stereocenters. The van der Waals surface area contributed by atoms with E-state index in [1.165, 1.54) is 12.2 Å². The number of ether oxygens (including phenoxy) is 1. The Morgan fingerprint density at radius 1 is 1.45 bits per heavy atom.